The number of aromatic nitrogens is 1. The molecule has 0 amide bonds. The highest BCUT2D eigenvalue weighted by Crippen LogP contribution is 2.29. The van der Waals surface area contributed by atoms with Crippen LogP contribution in [0.25, 0.3) is 10.9 Å². The lowest BCUT2D eigenvalue weighted by molar-refractivity contribution is 0.273. The fourth-order valence-electron chi connectivity index (χ4n) is 3.79. The molecule has 1 aromatic heterocycles. The van der Waals surface area contributed by atoms with Gasteiger partial charge in [0.15, 0.2) is 0 Å². The van der Waals surface area contributed by atoms with Gasteiger partial charge < -0.3 is 4.90 Å². The van der Waals surface area contributed by atoms with Crippen LogP contribution in [-0.2, 0) is 0 Å². The van der Waals surface area contributed by atoms with Gasteiger partial charge in [-0.1, -0.05) is 6.07 Å². The summed E-state index contributed by atoms with van der Waals surface area (Å²) in [4.78, 5) is 9.76. The van der Waals surface area contributed by atoms with E-state index in [-0.39, 0.29) is 0 Å². The minimum Gasteiger partial charge on any atom is -0.369 e. The monoisotopic (exact) mass is 267 g/mol. The van der Waals surface area contributed by atoms with Gasteiger partial charge in [0.25, 0.3) is 0 Å². The molecule has 1 atom stereocenters. The van der Waals surface area contributed by atoms with Crippen molar-refractivity contribution in [3.8, 4) is 0 Å². The maximum atomic E-state index is 4.49. The third-order valence-corrected chi connectivity index (χ3v) is 4.77. The molecule has 2 aliphatic rings. The zero-order chi connectivity index (χ0) is 13.4. The molecule has 20 heavy (non-hydrogen) atoms. The standard InChI is InChI=1S/C17H21N3/c1-7-16-15(6-2-9-18-16)17(8-1)20-12-4-11-19-10-3-5-14(19)13-20/h1-2,6-9,14H,3-5,10-13H2. The lowest BCUT2D eigenvalue weighted by atomic mass is 10.1. The van der Waals surface area contributed by atoms with Crippen LogP contribution in [0.5, 0.6) is 0 Å². The summed E-state index contributed by atoms with van der Waals surface area (Å²) in [5.74, 6) is 0. The van der Waals surface area contributed by atoms with Gasteiger partial charge in [-0.2, -0.15) is 0 Å². The van der Waals surface area contributed by atoms with Crippen LogP contribution in [0.1, 0.15) is 19.3 Å². The maximum absolute atomic E-state index is 4.49. The van der Waals surface area contributed by atoms with Gasteiger partial charge in [-0.15, -0.1) is 0 Å². The molecule has 1 aromatic carbocycles. The Morgan fingerprint density at radius 1 is 1.00 bits per heavy atom. The van der Waals surface area contributed by atoms with Crippen molar-refractivity contribution in [1.29, 1.82) is 0 Å². The van der Waals surface area contributed by atoms with Crippen molar-refractivity contribution >= 4 is 16.6 Å². The Kier molecular flexibility index (Phi) is 3.07. The highest BCUT2D eigenvalue weighted by atomic mass is 15.3. The minimum absolute atomic E-state index is 0.754. The second kappa shape index (κ2) is 5.06. The van der Waals surface area contributed by atoms with Crippen LogP contribution in [0.2, 0.25) is 0 Å². The molecule has 0 N–H and O–H groups in total. The molecule has 104 valence electrons. The van der Waals surface area contributed by atoms with Crippen molar-refractivity contribution in [1.82, 2.24) is 9.88 Å². The zero-order valence-electron chi connectivity index (χ0n) is 11.8. The normalized spacial score (nSPS) is 23.8. The first-order valence-electron chi connectivity index (χ1n) is 7.74. The summed E-state index contributed by atoms with van der Waals surface area (Å²) in [6.45, 7) is 4.91. The van der Waals surface area contributed by atoms with E-state index in [0.29, 0.717) is 0 Å². The van der Waals surface area contributed by atoms with Gasteiger partial charge in [-0.3, -0.25) is 9.88 Å². The first kappa shape index (κ1) is 12.2. The van der Waals surface area contributed by atoms with Crippen molar-refractivity contribution in [2.24, 2.45) is 0 Å². The number of rotatable bonds is 1. The lowest BCUT2D eigenvalue weighted by Gasteiger charge is -2.28. The second-order valence-corrected chi connectivity index (χ2v) is 5.98. The van der Waals surface area contributed by atoms with E-state index >= 15 is 0 Å². The Morgan fingerprint density at radius 3 is 2.95 bits per heavy atom. The van der Waals surface area contributed by atoms with Gasteiger partial charge in [0, 0.05) is 42.9 Å². The van der Waals surface area contributed by atoms with Crippen molar-refractivity contribution in [3.63, 3.8) is 0 Å². The zero-order valence-corrected chi connectivity index (χ0v) is 11.8. The second-order valence-electron chi connectivity index (χ2n) is 5.98. The molecule has 2 aliphatic heterocycles. The van der Waals surface area contributed by atoms with E-state index in [1.807, 2.05) is 12.3 Å². The average Bonchev–Trinajstić information content (AvgIpc) is 2.84. The van der Waals surface area contributed by atoms with Gasteiger partial charge in [0.1, 0.15) is 0 Å². The van der Waals surface area contributed by atoms with Gasteiger partial charge in [0.05, 0.1) is 5.52 Å². The summed E-state index contributed by atoms with van der Waals surface area (Å²) in [6, 6.07) is 11.5. The maximum Gasteiger partial charge on any atom is 0.0722 e. The van der Waals surface area contributed by atoms with Crippen LogP contribution >= 0.6 is 0 Å². The third kappa shape index (κ3) is 2.06. The number of pyridine rings is 1. The van der Waals surface area contributed by atoms with Gasteiger partial charge in [-0.05, 0) is 50.1 Å². The summed E-state index contributed by atoms with van der Waals surface area (Å²) in [5, 5.41) is 1.29. The summed E-state index contributed by atoms with van der Waals surface area (Å²) < 4.78 is 0. The van der Waals surface area contributed by atoms with Crippen molar-refractivity contribution in [3.05, 3.63) is 36.5 Å². The fraction of sp³-hybridized carbons (Fsp3) is 0.471. The number of nitrogens with zero attached hydrogens (tertiary/aromatic N) is 3. The van der Waals surface area contributed by atoms with Crippen LogP contribution in [-0.4, -0.2) is 42.1 Å². The molecule has 4 rings (SSSR count). The van der Waals surface area contributed by atoms with E-state index in [0.717, 1.165) is 11.6 Å². The summed E-state index contributed by atoms with van der Waals surface area (Å²) in [6.07, 6.45) is 5.88. The van der Waals surface area contributed by atoms with E-state index in [9.17, 15) is 0 Å². The average molecular weight is 267 g/mol. The molecule has 3 heterocycles. The van der Waals surface area contributed by atoms with E-state index in [1.54, 1.807) is 0 Å². The Bertz CT molecular complexity index is 605. The molecule has 0 bridgehead atoms. The fourth-order valence-corrected chi connectivity index (χ4v) is 3.79. The predicted octanol–water partition coefficient (Wildman–Crippen LogP) is 2.91. The number of fused-ring (bicyclic) bond motifs is 2. The molecular formula is C17H21N3. The summed E-state index contributed by atoms with van der Waals surface area (Å²) >= 11 is 0. The van der Waals surface area contributed by atoms with Gasteiger partial charge in [0.2, 0.25) is 0 Å². The molecule has 2 fully saturated rings. The molecule has 3 heteroatoms. The van der Waals surface area contributed by atoms with E-state index in [4.69, 9.17) is 0 Å². The Hall–Kier alpha value is -1.61. The van der Waals surface area contributed by atoms with Crippen LogP contribution in [0.4, 0.5) is 5.69 Å². The molecule has 0 radical (unpaired) electrons. The van der Waals surface area contributed by atoms with Crippen LogP contribution in [0.15, 0.2) is 36.5 Å². The van der Waals surface area contributed by atoms with E-state index in [1.165, 1.54) is 56.5 Å². The SMILES string of the molecule is c1cc(N2CCCN3CCCC3C2)c2cccnc2c1. The molecule has 0 spiro atoms. The van der Waals surface area contributed by atoms with Crippen molar-refractivity contribution in [2.45, 2.75) is 25.3 Å². The Balaban J connectivity index is 1.71. The quantitative estimate of drug-likeness (QED) is 0.792. The van der Waals surface area contributed by atoms with Crippen molar-refractivity contribution < 1.29 is 0 Å². The number of hydrogen-bond acceptors (Lipinski definition) is 3. The first-order valence-corrected chi connectivity index (χ1v) is 7.74. The van der Waals surface area contributed by atoms with E-state index in [2.05, 4.69) is 39.0 Å². The predicted molar refractivity (Wildman–Crippen MR) is 83.2 cm³/mol. The molecule has 1 unspecified atom stereocenters. The first-order chi connectivity index (χ1) is 9.92. The largest absolute Gasteiger partial charge is 0.369 e. The smallest absolute Gasteiger partial charge is 0.0722 e. The summed E-state index contributed by atoms with van der Waals surface area (Å²) in [5.41, 5.74) is 2.47. The van der Waals surface area contributed by atoms with E-state index < -0.39 is 0 Å². The highest BCUT2D eigenvalue weighted by molar-refractivity contribution is 5.91. The number of benzene rings is 1. The molecule has 2 saturated heterocycles. The van der Waals surface area contributed by atoms with Crippen molar-refractivity contribution in [2.75, 3.05) is 31.1 Å². The molecule has 0 saturated carbocycles. The topological polar surface area (TPSA) is 19.4 Å². The van der Waals surface area contributed by atoms with Gasteiger partial charge >= 0.3 is 0 Å². The third-order valence-electron chi connectivity index (χ3n) is 4.77. The van der Waals surface area contributed by atoms with Crippen LogP contribution in [0.3, 0.4) is 0 Å². The number of hydrogen-bond donors (Lipinski definition) is 0. The lowest BCUT2D eigenvalue weighted by Crippen LogP contribution is -2.36. The highest BCUT2D eigenvalue weighted by Gasteiger charge is 2.29. The molecular weight excluding hydrogens is 246 g/mol. The van der Waals surface area contributed by atoms with Gasteiger partial charge in [-0.25, -0.2) is 0 Å². The molecule has 2 aromatic rings. The molecule has 3 nitrogen and oxygen atoms in total. The van der Waals surface area contributed by atoms with Crippen LogP contribution in [0, 0.1) is 0 Å². The Morgan fingerprint density at radius 2 is 1.95 bits per heavy atom. The number of anilines is 1. The summed E-state index contributed by atoms with van der Waals surface area (Å²) in [7, 11) is 0. The Labute approximate surface area is 120 Å². The van der Waals surface area contributed by atoms with Crippen LogP contribution < -0.4 is 4.90 Å². The minimum atomic E-state index is 0.754. The molecule has 0 aliphatic carbocycles.